The molecule has 0 aliphatic rings. The van der Waals surface area contributed by atoms with Crippen LogP contribution in [0.5, 0.6) is 0 Å². The van der Waals surface area contributed by atoms with Gasteiger partial charge in [0.2, 0.25) is 0 Å². The van der Waals surface area contributed by atoms with Gasteiger partial charge in [-0.1, -0.05) is 11.2 Å². The summed E-state index contributed by atoms with van der Waals surface area (Å²) in [5.41, 5.74) is 3.06. The van der Waals surface area contributed by atoms with Gasteiger partial charge in [-0.15, -0.1) is 24.0 Å². The Hall–Kier alpha value is -1.64. The highest BCUT2D eigenvalue weighted by Crippen LogP contribution is 2.11. The van der Waals surface area contributed by atoms with Crippen LogP contribution < -0.4 is 10.6 Å². The number of nitrogens with zero attached hydrogens (tertiary/aromatic N) is 3. The lowest BCUT2D eigenvalue weighted by molar-refractivity contribution is 0.392. The second-order valence-corrected chi connectivity index (χ2v) is 5.00. The fraction of sp³-hybridized carbons (Fsp3) is 0.438. The molecule has 0 aliphatic carbocycles. The van der Waals surface area contributed by atoms with E-state index < -0.39 is 0 Å². The lowest BCUT2D eigenvalue weighted by atomic mass is 10.1. The highest BCUT2D eigenvalue weighted by atomic mass is 127. The molecule has 2 aromatic heterocycles. The molecule has 0 aliphatic heterocycles. The Bertz CT molecular complexity index is 593. The molecule has 6 nitrogen and oxygen atoms in total. The SMILES string of the molecule is CCNC(=NCc1ccccn1)NCCc1c(C)noc1C.I. The fourth-order valence-electron chi connectivity index (χ4n) is 2.16. The normalized spacial score (nSPS) is 11.0. The summed E-state index contributed by atoms with van der Waals surface area (Å²) >= 11 is 0. The van der Waals surface area contributed by atoms with Crippen LogP contribution in [0.4, 0.5) is 0 Å². The molecule has 2 aromatic rings. The third kappa shape index (κ3) is 6.17. The number of pyridine rings is 1. The molecule has 0 saturated carbocycles. The van der Waals surface area contributed by atoms with Crippen molar-refractivity contribution in [1.82, 2.24) is 20.8 Å². The predicted molar refractivity (Wildman–Crippen MR) is 102 cm³/mol. The molecule has 0 amide bonds. The molecule has 0 atom stereocenters. The van der Waals surface area contributed by atoms with E-state index in [4.69, 9.17) is 4.52 Å². The molecule has 0 saturated heterocycles. The van der Waals surface area contributed by atoms with E-state index in [0.717, 1.165) is 48.2 Å². The lowest BCUT2D eigenvalue weighted by Gasteiger charge is -2.11. The summed E-state index contributed by atoms with van der Waals surface area (Å²) in [5, 5.41) is 10.5. The highest BCUT2D eigenvalue weighted by Gasteiger charge is 2.08. The van der Waals surface area contributed by atoms with Crippen molar-refractivity contribution in [2.45, 2.75) is 33.7 Å². The molecule has 0 bridgehead atoms. The van der Waals surface area contributed by atoms with Gasteiger partial charge >= 0.3 is 0 Å². The molecule has 0 radical (unpaired) electrons. The summed E-state index contributed by atoms with van der Waals surface area (Å²) in [7, 11) is 0. The number of halogens is 1. The fourth-order valence-corrected chi connectivity index (χ4v) is 2.16. The van der Waals surface area contributed by atoms with E-state index in [1.807, 2.05) is 39.0 Å². The number of hydrogen-bond donors (Lipinski definition) is 2. The molecule has 2 N–H and O–H groups in total. The van der Waals surface area contributed by atoms with Gasteiger partial charge in [-0.25, -0.2) is 4.99 Å². The van der Waals surface area contributed by atoms with Gasteiger partial charge in [0, 0.05) is 24.8 Å². The zero-order chi connectivity index (χ0) is 15.8. The van der Waals surface area contributed by atoms with E-state index in [1.165, 1.54) is 0 Å². The first-order valence-corrected chi connectivity index (χ1v) is 7.54. The molecule has 2 heterocycles. The summed E-state index contributed by atoms with van der Waals surface area (Å²) in [4.78, 5) is 8.81. The maximum atomic E-state index is 5.17. The standard InChI is InChI=1S/C16H23N5O.HI/c1-4-17-16(20-11-14-7-5-6-9-18-14)19-10-8-15-12(2)21-22-13(15)3;/h5-7,9H,4,8,10-11H2,1-3H3,(H2,17,19,20);1H. The molecular formula is C16H24IN5O. The van der Waals surface area contributed by atoms with Crippen LogP contribution in [0.2, 0.25) is 0 Å². The quantitative estimate of drug-likeness (QED) is 0.420. The van der Waals surface area contributed by atoms with Crippen molar-refractivity contribution in [2.75, 3.05) is 13.1 Å². The summed E-state index contributed by atoms with van der Waals surface area (Å²) in [5.74, 6) is 1.68. The predicted octanol–water partition coefficient (Wildman–Crippen LogP) is 2.60. The largest absolute Gasteiger partial charge is 0.361 e. The van der Waals surface area contributed by atoms with E-state index in [-0.39, 0.29) is 24.0 Å². The second-order valence-electron chi connectivity index (χ2n) is 5.00. The van der Waals surface area contributed by atoms with E-state index in [0.29, 0.717) is 6.54 Å². The van der Waals surface area contributed by atoms with Gasteiger partial charge in [0.15, 0.2) is 5.96 Å². The third-order valence-electron chi connectivity index (χ3n) is 3.32. The first-order valence-electron chi connectivity index (χ1n) is 7.54. The van der Waals surface area contributed by atoms with Gasteiger partial charge in [0.25, 0.3) is 0 Å². The van der Waals surface area contributed by atoms with Gasteiger partial charge < -0.3 is 15.2 Å². The van der Waals surface area contributed by atoms with Gasteiger partial charge in [-0.3, -0.25) is 4.98 Å². The van der Waals surface area contributed by atoms with Crippen LogP contribution in [0.3, 0.4) is 0 Å². The number of rotatable bonds is 6. The van der Waals surface area contributed by atoms with E-state index in [2.05, 4.69) is 25.8 Å². The Morgan fingerprint density at radius 3 is 2.70 bits per heavy atom. The van der Waals surface area contributed by atoms with Crippen molar-refractivity contribution in [2.24, 2.45) is 4.99 Å². The highest BCUT2D eigenvalue weighted by molar-refractivity contribution is 14.0. The zero-order valence-electron chi connectivity index (χ0n) is 13.8. The summed E-state index contributed by atoms with van der Waals surface area (Å²) in [6.07, 6.45) is 2.64. The Morgan fingerprint density at radius 2 is 2.09 bits per heavy atom. The molecule has 2 rings (SSSR count). The van der Waals surface area contributed by atoms with Crippen LogP contribution >= 0.6 is 24.0 Å². The number of aromatic nitrogens is 2. The van der Waals surface area contributed by atoms with Gasteiger partial charge in [-0.05, 0) is 39.3 Å². The van der Waals surface area contributed by atoms with Crippen LogP contribution in [0, 0.1) is 13.8 Å². The molecule has 0 spiro atoms. The van der Waals surface area contributed by atoms with Gasteiger partial charge in [0.05, 0.1) is 17.9 Å². The minimum atomic E-state index is 0. The maximum absolute atomic E-state index is 5.17. The summed E-state index contributed by atoms with van der Waals surface area (Å²) in [6, 6.07) is 5.84. The summed E-state index contributed by atoms with van der Waals surface area (Å²) < 4.78 is 5.17. The van der Waals surface area contributed by atoms with Crippen LogP contribution in [-0.2, 0) is 13.0 Å². The van der Waals surface area contributed by atoms with Crippen molar-refractivity contribution < 1.29 is 4.52 Å². The molecular weight excluding hydrogens is 405 g/mol. The van der Waals surface area contributed by atoms with Gasteiger partial charge in [-0.2, -0.15) is 0 Å². The van der Waals surface area contributed by atoms with Crippen LogP contribution in [0.1, 0.15) is 29.6 Å². The minimum Gasteiger partial charge on any atom is -0.361 e. The van der Waals surface area contributed by atoms with Crippen molar-refractivity contribution in [3.63, 3.8) is 0 Å². The summed E-state index contributed by atoms with van der Waals surface area (Å²) in [6.45, 7) is 8.10. The number of aryl methyl sites for hydroxylation is 2. The number of aliphatic imine (C=N–C) groups is 1. The second kappa shape index (κ2) is 10.2. The topological polar surface area (TPSA) is 75.3 Å². The smallest absolute Gasteiger partial charge is 0.191 e. The Kier molecular flexibility index (Phi) is 8.60. The lowest BCUT2D eigenvalue weighted by Crippen LogP contribution is -2.38. The number of hydrogen-bond acceptors (Lipinski definition) is 4. The van der Waals surface area contributed by atoms with Crippen molar-refractivity contribution >= 4 is 29.9 Å². The zero-order valence-corrected chi connectivity index (χ0v) is 16.1. The van der Waals surface area contributed by atoms with E-state index in [1.54, 1.807) is 6.20 Å². The number of nitrogens with one attached hydrogen (secondary N) is 2. The molecule has 0 unspecified atom stereocenters. The Labute approximate surface area is 154 Å². The van der Waals surface area contributed by atoms with Gasteiger partial charge in [0.1, 0.15) is 5.76 Å². The van der Waals surface area contributed by atoms with Crippen LogP contribution in [0.15, 0.2) is 33.9 Å². The van der Waals surface area contributed by atoms with Crippen molar-refractivity contribution in [3.8, 4) is 0 Å². The first kappa shape index (κ1) is 19.4. The molecule has 23 heavy (non-hydrogen) atoms. The van der Waals surface area contributed by atoms with Crippen LogP contribution in [-0.4, -0.2) is 29.2 Å². The van der Waals surface area contributed by atoms with E-state index in [9.17, 15) is 0 Å². The molecule has 126 valence electrons. The monoisotopic (exact) mass is 429 g/mol. The van der Waals surface area contributed by atoms with Crippen molar-refractivity contribution in [1.29, 1.82) is 0 Å². The Morgan fingerprint density at radius 1 is 1.26 bits per heavy atom. The third-order valence-corrected chi connectivity index (χ3v) is 3.32. The average molecular weight is 429 g/mol. The molecule has 0 aromatic carbocycles. The minimum absolute atomic E-state index is 0. The van der Waals surface area contributed by atoms with Crippen LogP contribution in [0.25, 0.3) is 0 Å². The van der Waals surface area contributed by atoms with E-state index >= 15 is 0 Å². The first-order chi connectivity index (χ1) is 10.7. The average Bonchev–Trinajstić information content (AvgIpc) is 2.85. The number of guanidine groups is 1. The maximum Gasteiger partial charge on any atom is 0.191 e. The van der Waals surface area contributed by atoms with Crippen molar-refractivity contribution in [3.05, 3.63) is 47.1 Å². The molecule has 0 fully saturated rings. The molecule has 7 heteroatoms. The Balaban J connectivity index is 0.00000264.